The molecule has 0 aliphatic heterocycles. The Labute approximate surface area is 149 Å². The van der Waals surface area contributed by atoms with Crippen LogP contribution in [-0.2, 0) is 16.0 Å². The summed E-state index contributed by atoms with van der Waals surface area (Å²) in [6, 6.07) is 8.67. The smallest absolute Gasteiger partial charge is 0.311 e. The molecule has 25 heavy (non-hydrogen) atoms. The van der Waals surface area contributed by atoms with Crippen LogP contribution in [0, 0.1) is 0 Å². The second-order valence-electron chi connectivity index (χ2n) is 4.90. The molecule has 0 saturated heterocycles. The predicted octanol–water partition coefficient (Wildman–Crippen LogP) is 2.06. The summed E-state index contributed by atoms with van der Waals surface area (Å²) in [5.74, 6) is 1.70. The Kier molecular flexibility index (Phi) is 7.34. The zero-order valence-electron chi connectivity index (χ0n) is 14.1. The van der Waals surface area contributed by atoms with Gasteiger partial charge < -0.3 is 19.2 Å². The van der Waals surface area contributed by atoms with E-state index in [0.29, 0.717) is 29.8 Å². The van der Waals surface area contributed by atoms with Gasteiger partial charge >= 0.3 is 5.97 Å². The van der Waals surface area contributed by atoms with Crippen molar-refractivity contribution in [1.29, 1.82) is 0 Å². The van der Waals surface area contributed by atoms with Crippen molar-refractivity contribution < 1.29 is 19.0 Å². The van der Waals surface area contributed by atoms with Gasteiger partial charge in [-0.1, -0.05) is 11.8 Å². The molecular formula is C17H20N2O5S. The lowest BCUT2D eigenvalue weighted by molar-refractivity contribution is -0.139. The molecule has 134 valence electrons. The first-order chi connectivity index (χ1) is 12.1. The van der Waals surface area contributed by atoms with Gasteiger partial charge in [0.15, 0.2) is 5.16 Å². The minimum Gasteiger partial charge on any atom is -0.494 e. The maximum absolute atomic E-state index is 11.6. The highest BCUT2D eigenvalue weighted by Crippen LogP contribution is 2.18. The summed E-state index contributed by atoms with van der Waals surface area (Å²) < 4.78 is 15.6. The Balaban J connectivity index is 1.83. The second kappa shape index (κ2) is 9.73. The molecule has 0 bridgehead atoms. The number of esters is 1. The van der Waals surface area contributed by atoms with E-state index < -0.39 is 5.97 Å². The van der Waals surface area contributed by atoms with Gasteiger partial charge in [-0.3, -0.25) is 9.59 Å². The largest absolute Gasteiger partial charge is 0.494 e. The fraction of sp³-hybridized carbons (Fsp3) is 0.353. The van der Waals surface area contributed by atoms with Crippen LogP contribution in [0.4, 0.5) is 0 Å². The Morgan fingerprint density at radius 2 is 1.88 bits per heavy atom. The summed E-state index contributed by atoms with van der Waals surface area (Å²) >= 11 is 1.35. The Morgan fingerprint density at radius 3 is 2.52 bits per heavy atom. The zero-order valence-corrected chi connectivity index (χ0v) is 14.9. The number of aromatic amines is 1. The van der Waals surface area contributed by atoms with Gasteiger partial charge in [-0.25, -0.2) is 4.98 Å². The first-order valence-corrected chi connectivity index (χ1v) is 8.74. The molecule has 0 fully saturated rings. The van der Waals surface area contributed by atoms with Gasteiger partial charge in [0.05, 0.1) is 32.4 Å². The highest BCUT2D eigenvalue weighted by molar-refractivity contribution is 7.99. The molecule has 1 heterocycles. The van der Waals surface area contributed by atoms with Gasteiger partial charge in [-0.2, -0.15) is 0 Å². The van der Waals surface area contributed by atoms with E-state index in [9.17, 15) is 9.59 Å². The number of methoxy groups -OCH3 is 1. The van der Waals surface area contributed by atoms with E-state index in [2.05, 4.69) is 14.7 Å². The van der Waals surface area contributed by atoms with Gasteiger partial charge in [0, 0.05) is 11.8 Å². The average molecular weight is 364 g/mol. The normalized spacial score (nSPS) is 10.3. The number of nitrogens with zero attached hydrogens (tertiary/aromatic N) is 1. The van der Waals surface area contributed by atoms with Crippen molar-refractivity contribution in [2.75, 3.05) is 26.1 Å². The van der Waals surface area contributed by atoms with Crippen LogP contribution in [0.1, 0.15) is 12.6 Å². The molecule has 0 spiro atoms. The number of H-pyrrole nitrogens is 1. The second-order valence-corrected chi connectivity index (χ2v) is 5.98. The SMILES string of the molecule is CCOc1ccc(OCCSc2nc(CC(=O)OC)cc(=O)[nH]2)cc1. The van der Waals surface area contributed by atoms with Crippen LogP contribution in [0.15, 0.2) is 40.3 Å². The summed E-state index contributed by atoms with van der Waals surface area (Å²) in [6.45, 7) is 3.00. The van der Waals surface area contributed by atoms with Gasteiger partial charge in [-0.15, -0.1) is 0 Å². The van der Waals surface area contributed by atoms with E-state index in [1.54, 1.807) is 0 Å². The number of nitrogens with one attached hydrogen (secondary N) is 1. The molecule has 0 atom stereocenters. The Morgan fingerprint density at radius 1 is 1.20 bits per heavy atom. The van der Waals surface area contributed by atoms with Crippen molar-refractivity contribution in [3.63, 3.8) is 0 Å². The standard InChI is InChI=1S/C17H20N2O5S/c1-3-23-13-4-6-14(7-5-13)24-8-9-25-17-18-12(10-15(20)19-17)11-16(21)22-2/h4-7,10H,3,8-9,11H2,1-2H3,(H,18,19,20). The van der Waals surface area contributed by atoms with E-state index in [0.717, 1.165) is 11.5 Å². The number of hydrogen-bond acceptors (Lipinski definition) is 7. The first-order valence-electron chi connectivity index (χ1n) is 7.76. The molecule has 0 unspecified atom stereocenters. The summed E-state index contributed by atoms with van der Waals surface area (Å²) in [4.78, 5) is 29.8. The number of rotatable bonds is 9. The van der Waals surface area contributed by atoms with Crippen LogP contribution in [0.25, 0.3) is 0 Å². The van der Waals surface area contributed by atoms with Crippen molar-refractivity contribution in [2.45, 2.75) is 18.5 Å². The molecule has 2 aromatic rings. The topological polar surface area (TPSA) is 90.5 Å². The number of benzene rings is 1. The van der Waals surface area contributed by atoms with Gasteiger partial charge in [0.1, 0.15) is 11.5 Å². The molecule has 8 heteroatoms. The number of carbonyl (C=O) groups is 1. The van der Waals surface area contributed by atoms with Gasteiger partial charge in [0.25, 0.3) is 5.56 Å². The quantitative estimate of drug-likeness (QED) is 0.315. The minimum atomic E-state index is -0.437. The number of aromatic nitrogens is 2. The summed E-state index contributed by atoms with van der Waals surface area (Å²) in [5, 5.41) is 0.446. The maximum Gasteiger partial charge on any atom is 0.311 e. The van der Waals surface area contributed by atoms with E-state index in [1.807, 2.05) is 31.2 Å². The molecule has 1 N–H and O–H groups in total. The number of thioether (sulfide) groups is 1. The molecule has 0 aliphatic carbocycles. The van der Waals surface area contributed by atoms with Crippen LogP contribution in [0.3, 0.4) is 0 Å². The lowest BCUT2D eigenvalue weighted by atomic mass is 10.3. The lowest BCUT2D eigenvalue weighted by Gasteiger charge is -2.08. The number of ether oxygens (including phenoxy) is 3. The molecule has 1 aromatic carbocycles. The van der Waals surface area contributed by atoms with E-state index in [4.69, 9.17) is 9.47 Å². The third-order valence-electron chi connectivity index (χ3n) is 3.05. The molecule has 0 radical (unpaired) electrons. The Hall–Kier alpha value is -2.48. The molecule has 7 nitrogen and oxygen atoms in total. The van der Waals surface area contributed by atoms with Crippen LogP contribution in [0.2, 0.25) is 0 Å². The van der Waals surface area contributed by atoms with E-state index in [-0.39, 0.29) is 12.0 Å². The molecule has 0 amide bonds. The highest BCUT2D eigenvalue weighted by atomic mass is 32.2. The van der Waals surface area contributed by atoms with Crippen molar-refractivity contribution in [3.8, 4) is 11.5 Å². The summed E-state index contributed by atoms with van der Waals surface area (Å²) in [6.07, 6.45) is -0.0311. The molecule has 1 aromatic heterocycles. The van der Waals surface area contributed by atoms with Crippen molar-refractivity contribution in [3.05, 3.63) is 46.4 Å². The highest BCUT2D eigenvalue weighted by Gasteiger charge is 2.08. The van der Waals surface area contributed by atoms with E-state index >= 15 is 0 Å². The first kappa shape index (κ1) is 18.9. The average Bonchev–Trinajstić information content (AvgIpc) is 2.60. The van der Waals surface area contributed by atoms with Crippen LogP contribution < -0.4 is 15.0 Å². The van der Waals surface area contributed by atoms with Crippen LogP contribution in [0.5, 0.6) is 11.5 Å². The maximum atomic E-state index is 11.6. The number of carbonyl (C=O) groups excluding carboxylic acids is 1. The van der Waals surface area contributed by atoms with Gasteiger partial charge in [-0.05, 0) is 31.2 Å². The molecule has 2 rings (SSSR count). The minimum absolute atomic E-state index is 0.0311. The van der Waals surface area contributed by atoms with E-state index in [1.165, 1.54) is 24.9 Å². The van der Waals surface area contributed by atoms with Crippen LogP contribution >= 0.6 is 11.8 Å². The zero-order chi connectivity index (χ0) is 18.1. The number of hydrogen-bond donors (Lipinski definition) is 1. The fourth-order valence-electron chi connectivity index (χ4n) is 1.96. The Bertz CT molecular complexity index is 745. The third kappa shape index (κ3) is 6.50. The third-order valence-corrected chi connectivity index (χ3v) is 3.89. The fourth-order valence-corrected chi connectivity index (χ4v) is 2.67. The predicted molar refractivity (Wildman–Crippen MR) is 94.4 cm³/mol. The van der Waals surface area contributed by atoms with Gasteiger partial charge in [0.2, 0.25) is 0 Å². The van der Waals surface area contributed by atoms with Crippen molar-refractivity contribution in [1.82, 2.24) is 9.97 Å². The lowest BCUT2D eigenvalue weighted by Crippen LogP contribution is -2.14. The van der Waals surface area contributed by atoms with Crippen molar-refractivity contribution in [2.24, 2.45) is 0 Å². The monoisotopic (exact) mass is 364 g/mol. The van der Waals surface area contributed by atoms with Crippen LogP contribution in [-0.4, -0.2) is 42.0 Å². The molecule has 0 saturated carbocycles. The summed E-state index contributed by atoms with van der Waals surface area (Å²) in [5.41, 5.74) is 0.0781. The molecular weight excluding hydrogens is 344 g/mol. The molecule has 0 aliphatic rings. The van der Waals surface area contributed by atoms with Crippen molar-refractivity contribution >= 4 is 17.7 Å². The summed E-state index contributed by atoms with van der Waals surface area (Å²) in [7, 11) is 1.30.